The lowest BCUT2D eigenvalue weighted by Gasteiger charge is -2.27. The van der Waals surface area contributed by atoms with E-state index in [4.69, 9.17) is 4.74 Å². The van der Waals surface area contributed by atoms with Gasteiger partial charge in [0.15, 0.2) is 0 Å². The summed E-state index contributed by atoms with van der Waals surface area (Å²) in [4.78, 5) is 24.0. The molecular weight excluding hydrogens is 418 g/mol. The molecule has 1 aromatic carbocycles. The molecule has 3 aliphatic rings. The highest BCUT2D eigenvalue weighted by atomic mass is 32.1. The van der Waals surface area contributed by atoms with E-state index < -0.39 is 0 Å². The molecule has 162 valence electrons. The van der Waals surface area contributed by atoms with Crippen molar-refractivity contribution in [2.45, 2.75) is 19.8 Å². The van der Waals surface area contributed by atoms with Crippen LogP contribution >= 0.6 is 11.3 Å². The van der Waals surface area contributed by atoms with E-state index in [1.165, 1.54) is 0 Å². The number of thiophene rings is 1. The average molecular weight is 444 g/mol. The van der Waals surface area contributed by atoms with Crippen molar-refractivity contribution in [1.29, 1.82) is 0 Å². The van der Waals surface area contributed by atoms with E-state index >= 15 is 0 Å². The summed E-state index contributed by atoms with van der Waals surface area (Å²) in [7, 11) is 0. The van der Waals surface area contributed by atoms with Gasteiger partial charge in [0, 0.05) is 16.8 Å². The maximum absolute atomic E-state index is 13.3. The normalized spacial score (nSPS) is 22.5. The topological polar surface area (TPSA) is 58.2 Å². The molecule has 6 heteroatoms. The highest BCUT2D eigenvalue weighted by Gasteiger charge is 2.29. The Labute approximate surface area is 190 Å². The van der Waals surface area contributed by atoms with Crippen molar-refractivity contribution in [3.63, 3.8) is 0 Å². The van der Waals surface area contributed by atoms with Crippen LogP contribution < -0.4 is 10.7 Å². The summed E-state index contributed by atoms with van der Waals surface area (Å²) >= 11 is 1.57. The van der Waals surface area contributed by atoms with Crippen LogP contribution in [-0.4, -0.2) is 40.5 Å². The van der Waals surface area contributed by atoms with Crippen LogP contribution in [0.25, 0.3) is 22.2 Å². The Morgan fingerprint density at radius 3 is 2.94 bits per heavy atom. The van der Waals surface area contributed by atoms with Crippen molar-refractivity contribution in [1.82, 2.24) is 14.9 Å². The number of H-pyrrole nitrogens is 1. The van der Waals surface area contributed by atoms with Crippen molar-refractivity contribution < 1.29 is 9.53 Å². The molecule has 6 rings (SSSR count). The molecule has 2 aromatic heterocycles. The minimum absolute atomic E-state index is 0.0919. The van der Waals surface area contributed by atoms with E-state index in [-0.39, 0.29) is 5.91 Å². The number of imidazole rings is 1. The fraction of sp³-hybridized carbons (Fsp3) is 0.308. The Balaban J connectivity index is 1.26. The molecule has 1 amide bonds. The van der Waals surface area contributed by atoms with Gasteiger partial charge in [-0.1, -0.05) is 36.4 Å². The van der Waals surface area contributed by atoms with E-state index in [0.717, 1.165) is 55.7 Å². The Morgan fingerprint density at radius 2 is 2.03 bits per heavy atom. The smallest absolute Gasteiger partial charge is 0.264 e. The molecule has 1 saturated heterocycles. The van der Waals surface area contributed by atoms with E-state index in [1.54, 1.807) is 11.3 Å². The van der Waals surface area contributed by atoms with Gasteiger partial charge in [0.2, 0.25) is 0 Å². The number of hydrogen-bond acceptors (Lipinski definition) is 4. The first kappa shape index (κ1) is 19.6. The van der Waals surface area contributed by atoms with E-state index in [2.05, 4.69) is 46.4 Å². The number of hydrogen-bond donors (Lipinski definition) is 1. The van der Waals surface area contributed by atoms with Crippen LogP contribution in [0.15, 0.2) is 53.8 Å². The maximum Gasteiger partial charge on any atom is 0.264 e. The summed E-state index contributed by atoms with van der Waals surface area (Å²) in [5, 5.41) is 3.32. The number of nitrogens with one attached hydrogen (secondary N) is 1. The lowest BCUT2D eigenvalue weighted by molar-refractivity contribution is 0.0757. The van der Waals surface area contributed by atoms with Crippen molar-refractivity contribution in [3.05, 3.63) is 75.2 Å². The van der Waals surface area contributed by atoms with Crippen LogP contribution in [0.2, 0.25) is 0 Å². The van der Waals surface area contributed by atoms with Crippen LogP contribution in [0, 0.1) is 18.8 Å². The standard InChI is InChI=1S/C26H25N3O2S/c1-16-27-21-8-6-18(13-22(21)28-16)17-7-9-23-20(12-17)15-29(10-11-31-23)26(30)25-14-19-4-2-3-5-24(19)32-25/h2-5,8-9,12-14,17-18H,6-7,10-11,15H2,1H3,(H,27,28). The molecule has 0 radical (unpaired) electrons. The molecule has 1 N–H and O–H groups in total. The lowest BCUT2D eigenvalue weighted by atomic mass is 9.81. The molecule has 5 nitrogen and oxygen atoms in total. The predicted molar refractivity (Wildman–Crippen MR) is 128 cm³/mol. The van der Waals surface area contributed by atoms with Crippen molar-refractivity contribution in [2.75, 3.05) is 19.7 Å². The molecule has 2 atom stereocenters. The molecular formula is C26H25N3O2S. The average Bonchev–Trinajstić information content (AvgIpc) is 3.33. The summed E-state index contributed by atoms with van der Waals surface area (Å²) in [6.45, 7) is 3.73. The number of aromatic nitrogens is 2. The fourth-order valence-corrected chi connectivity index (χ4v) is 6.00. The molecule has 1 aliphatic heterocycles. The lowest BCUT2D eigenvalue weighted by Crippen LogP contribution is -2.34. The van der Waals surface area contributed by atoms with Crippen LogP contribution in [-0.2, 0) is 4.74 Å². The molecule has 0 saturated carbocycles. The van der Waals surface area contributed by atoms with Crippen LogP contribution in [0.4, 0.5) is 0 Å². The molecule has 1 fully saturated rings. The number of fused-ring (bicyclic) bond motifs is 3. The Morgan fingerprint density at radius 1 is 1.19 bits per heavy atom. The second kappa shape index (κ2) is 7.78. The third-order valence-corrected chi connectivity index (χ3v) is 7.71. The van der Waals surface area contributed by atoms with Gasteiger partial charge in [0.1, 0.15) is 18.2 Å². The minimum Gasteiger partial charge on any atom is -0.492 e. The van der Waals surface area contributed by atoms with E-state index in [0.29, 0.717) is 31.5 Å². The largest absolute Gasteiger partial charge is 0.492 e. The van der Waals surface area contributed by atoms with Crippen molar-refractivity contribution in [2.24, 2.45) is 11.8 Å². The van der Waals surface area contributed by atoms with Gasteiger partial charge >= 0.3 is 0 Å². The van der Waals surface area contributed by atoms with Gasteiger partial charge in [-0.15, -0.1) is 11.3 Å². The summed E-state index contributed by atoms with van der Waals surface area (Å²) < 4.78 is 7.20. The SMILES string of the molecule is Cc1nc2c([nH]1)=CC(C1C=C3CN(C(=O)c4cc5ccccc5s4)CCOC3=CC1)CC=2. The number of carbonyl (C=O) groups is 1. The second-order valence-electron chi connectivity index (χ2n) is 8.77. The molecule has 0 bridgehead atoms. The highest BCUT2D eigenvalue weighted by Crippen LogP contribution is 2.34. The molecule has 2 aliphatic carbocycles. The zero-order valence-corrected chi connectivity index (χ0v) is 18.8. The third kappa shape index (κ3) is 3.48. The number of aromatic amines is 1. The molecule has 0 spiro atoms. The van der Waals surface area contributed by atoms with E-state index in [1.807, 2.05) is 30.0 Å². The molecule has 3 heterocycles. The van der Waals surface area contributed by atoms with Gasteiger partial charge in [0.25, 0.3) is 5.91 Å². The van der Waals surface area contributed by atoms with Crippen molar-refractivity contribution >= 4 is 39.5 Å². The number of carbonyl (C=O) groups excluding carboxylic acids is 1. The molecule has 2 unspecified atom stereocenters. The quantitative estimate of drug-likeness (QED) is 0.659. The van der Waals surface area contributed by atoms with Crippen LogP contribution in [0.5, 0.6) is 0 Å². The second-order valence-corrected chi connectivity index (χ2v) is 9.86. The Hall–Kier alpha value is -3.12. The number of nitrogens with zero attached hydrogens (tertiary/aromatic N) is 2. The first-order valence-corrected chi connectivity index (χ1v) is 12.0. The number of aryl methyl sites for hydroxylation is 1. The van der Waals surface area contributed by atoms with Gasteiger partial charge in [-0.2, -0.15) is 0 Å². The first-order chi connectivity index (χ1) is 15.6. The summed E-state index contributed by atoms with van der Waals surface area (Å²) in [5.41, 5.74) is 1.13. The number of benzene rings is 1. The number of rotatable bonds is 2. The predicted octanol–water partition coefficient (Wildman–Crippen LogP) is 3.52. The zero-order chi connectivity index (χ0) is 21.7. The molecule has 32 heavy (non-hydrogen) atoms. The van der Waals surface area contributed by atoms with Crippen LogP contribution in [0.3, 0.4) is 0 Å². The number of amides is 1. The Bertz CT molecular complexity index is 1360. The fourth-order valence-electron chi connectivity index (χ4n) is 4.97. The first-order valence-electron chi connectivity index (χ1n) is 11.2. The third-order valence-electron chi connectivity index (χ3n) is 6.60. The highest BCUT2D eigenvalue weighted by molar-refractivity contribution is 7.20. The number of allylic oxidation sites excluding steroid dienone is 2. The monoisotopic (exact) mass is 443 g/mol. The Kier molecular flexibility index (Phi) is 4.76. The van der Waals surface area contributed by atoms with Crippen molar-refractivity contribution in [3.8, 4) is 0 Å². The van der Waals surface area contributed by atoms with Gasteiger partial charge in [-0.05, 0) is 55.2 Å². The van der Waals surface area contributed by atoms with Gasteiger partial charge in [0.05, 0.1) is 22.1 Å². The maximum atomic E-state index is 13.3. The van der Waals surface area contributed by atoms with Gasteiger partial charge in [-0.25, -0.2) is 4.98 Å². The van der Waals surface area contributed by atoms with E-state index in [9.17, 15) is 4.79 Å². The zero-order valence-electron chi connectivity index (χ0n) is 18.0. The summed E-state index contributed by atoms with van der Waals surface area (Å²) in [6, 6.07) is 10.2. The summed E-state index contributed by atoms with van der Waals surface area (Å²) in [5.74, 6) is 2.81. The molecule has 3 aromatic rings. The van der Waals surface area contributed by atoms with Crippen LogP contribution in [0.1, 0.15) is 28.3 Å². The minimum atomic E-state index is 0.0919. The van der Waals surface area contributed by atoms with Gasteiger partial charge in [-0.3, -0.25) is 4.79 Å². The number of ether oxygens (including phenoxy) is 1. The summed E-state index contributed by atoms with van der Waals surface area (Å²) in [6.07, 6.45) is 11.1. The van der Waals surface area contributed by atoms with Gasteiger partial charge < -0.3 is 14.6 Å².